The summed E-state index contributed by atoms with van der Waals surface area (Å²) in [6.07, 6.45) is 0. The predicted octanol–water partition coefficient (Wildman–Crippen LogP) is 12.1. The van der Waals surface area contributed by atoms with Gasteiger partial charge in [-0.1, -0.05) is 133 Å². The van der Waals surface area contributed by atoms with Gasteiger partial charge in [0.25, 0.3) is 0 Å². The molecule has 0 amide bonds. The van der Waals surface area contributed by atoms with Gasteiger partial charge in [0.2, 0.25) is 0 Å². The molecule has 0 unspecified atom stereocenters. The Labute approximate surface area is 272 Å². The van der Waals surface area contributed by atoms with Crippen LogP contribution in [0.1, 0.15) is 0 Å². The summed E-state index contributed by atoms with van der Waals surface area (Å²) >= 11 is 7.30. The highest BCUT2D eigenvalue weighted by molar-refractivity contribution is 9.13. The van der Waals surface area contributed by atoms with Crippen molar-refractivity contribution in [3.63, 3.8) is 0 Å². The van der Waals surface area contributed by atoms with Gasteiger partial charge >= 0.3 is 0 Å². The molecule has 0 aliphatic rings. The van der Waals surface area contributed by atoms with E-state index in [1.807, 2.05) is 12.1 Å². The lowest BCUT2D eigenvalue weighted by Gasteiger charge is -2.13. The van der Waals surface area contributed by atoms with E-state index < -0.39 is 0 Å². The van der Waals surface area contributed by atoms with Crippen LogP contribution < -0.4 is 0 Å². The molecular formula is C40H24Br2N2. The van der Waals surface area contributed by atoms with E-state index in [0.29, 0.717) is 0 Å². The molecule has 0 aliphatic heterocycles. The Balaban J connectivity index is 1.25. The fourth-order valence-electron chi connectivity index (χ4n) is 6.02. The van der Waals surface area contributed by atoms with Gasteiger partial charge in [0.15, 0.2) is 0 Å². The summed E-state index contributed by atoms with van der Waals surface area (Å²) in [6.45, 7) is 0. The molecule has 1 aromatic heterocycles. The van der Waals surface area contributed by atoms with Crippen LogP contribution in [0.5, 0.6) is 0 Å². The molecule has 7 aromatic carbocycles. The largest absolute Gasteiger partial charge is 0.244 e. The standard InChI is InChI=1S/C40H24Br2N2/c41-35-23-37-38(24-36(35)42)44-40(30-21-17-28(18-22-30)34-14-6-10-26-8-2-4-12-32(26)34)39(43-37)29-19-15-27(16-20-29)33-13-5-9-25-7-1-3-11-31(25)33/h1-24H. The van der Waals surface area contributed by atoms with E-state index in [1.165, 1.54) is 43.8 Å². The molecular weight excluding hydrogens is 668 g/mol. The molecule has 8 rings (SSSR count). The smallest absolute Gasteiger partial charge is 0.0973 e. The Morgan fingerprint density at radius 1 is 0.364 bits per heavy atom. The molecule has 0 spiro atoms. The van der Waals surface area contributed by atoms with E-state index in [2.05, 4.69) is 165 Å². The Bertz CT molecular complexity index is 2170. The Kier molecular flexibility index (Phi) is 6.82. The first kappa shape index (κ1) is 26.9. The second-order valence-electron chi connectivity index (χ2n) is 10.9. The predicted molar refractivity (Wildman–Crippen MR) is 192 cm³/mol. The van der Waals surface area contributed by atoms with Crippen molar-refractivity contribution in [3.8, 4) is 44.8 Å². The molecule has 0 aliphatic carbocycles. The van der Waals surface area contributed by atoms with Crippen LogP contribution in [0.4, 0.5) is 0 Å². The third kappa shape index (κ3) is 4.81. The van der Waals surface area contributed by atoms with E-state index in [9.17, 15) is 0 Å². The molecule has 0 saturated heterocycles. The van der Waals surface area contributed by atoms with Crippen LogP contribution in [0.2, 0.25) is 0 Å². The maximum Gasteiger partial charge on any atom is 0.0973 e. The summed E-state index contributed by atoms with van der Waals surface area (Å²) in [7, 11) is 0. The number of rotatable bonds is 4. The summed E-state index contributed by atoms with van der Waals surface area (Å²) in [4.78, 5) is 10.4. The zero-order chi connectivity index (χ0) is 29.6. The first-order valence-corrected chi connectivity index (χ1v) is 16.0. The Hall–Kier alpha value is -4.64. The highest BCUT2D eigenvalue weighted by Crippen LogP contribution is 2.37. The number of hydrogen-bond donors (Lipinski definition) is 0. The van der Waals surface area contributed by atoms with Gasteiger partial charge in [0.1, 0.15) is 0 Å². The quantitative estimate of drug-likeness (QED) is 0.184. The van der Waals surface area contributed by atoms with Crippen molar-refractivity contribution in [2.45, 2.75) is 0 Å². The monoisotopic (exact) mass is 690 g/mol. The number of benzene rings is 7. The van der Waals surface area contributed by atoms with E-state index in [4.69, 9.17) is 9.97 Å². The maximum absolute atomic E-state index is 5.18. The average Bonchev–Trinajstić information content (AvgIpc) is 3.08. The van der Waals surface area contributed by atoms with Gasteiger partial charge in [-0.05, 0) is 87.8 Å². The fourth-order valence-corrected chi connectivity index (χ4v) is 6.69. The van der Waals surface area contributed by atoms with Crippen LogP contribution in [0, 0.1) is 0 Å². The van der Waals surface area contributed by atoms with Gasteiger partial charge < -0.3 is 0 Å². The number of hydrogen-bond acceptors (Lipinski definition) is 2. The van der Waals surface area contributed by atoms with Gasteiger partial charge in [-0.25, -0.2) is 9.97 Å². The lowest BCUT2D eigenvalue weighted by molar-refractivity contribution is 1.29. The van der Waals surface area contributed by atoms with E-state index in [1.54, 1.807) is 0 Å². The first-order valence-electron chi connectivity index (χ1n) is 14.5. The summed E-state index contributed by atoms with van der Waals surface area (Å²) in [6, 6.07) is 51.4. The molecule has 1 heterocycles. The molecule has 0 radical (unpaired) electrons. The summed E-state index contributed by atoms with van der Waals surface area (Å²) < 4.78 is 1.90. The molecule has 8 aromatic rings. The van der Waals surface area contributed by atoms with Crippen LogP contribution in [-0.2, 0) is 0 Å². The van der Waals surface area contributed by atoms with Crippen molar-refractivity contribution in [2.75, 3.05) is 0 Å². The summed E-state index contributed by atoms with van der Waals surface area (Å²) in [5.41, 5.74) is 10.2. The zero-order valence-corrected chi connectivity index (χ0v) is 26.7. The minimum absolute atomic E-state index is 0.837. The number of nitrogens with zero attached hydrogens (tertiary/aromatic N) is 2. The van der Waals surface area contributed by atoms with Gasteiger partial charge in [0, 0.05) is 20.1 Å². The molecule has 44 heavy (non-hydrogen) atoms. The number of halogens is 2. The first-order chi connectivity index (χ1) is 21.6. The van der Waals surface area contributed by atoms with Crippen LogP contribution in [0.25, 0.3) is 77.3 Å². The number of fused-ring (bicyclic) bond motifs is 3. The van der Waals surface area contributed by atoms with Crippen molar-refractivity contribution in [2.24, 2.45) is 0 Å². The zero-order valence-electron chi connectivity index (χ0n) is 23.5. The second kappa shape index (κ2) is 11.1. The van der Waals surface area contributed by atoms with Crippen molar-refractivity contribution < 1.29 is 0 Å². The van der Waals surface area contributed by atoms with E-state index >= 15 is 0 Å². The topological polar surface area (TPSA) is 25.8 Å². The normalized spacial score (nSPS) is 11.4. The van der Waals surface area contributed by atoms with Crippen molar-refractivity contribution in [1.82, 2.24) is 9.97 Å². The summed E-state index contributed by atoms with van der Waals surface area (Å²) in [5.74, 6) is 0. The lowest BCUT2D eigenvalue weighted by Crippen LogP contribution is -1.96. The minimum atomic E-state index is 0.837. The van der Waals surface area contributed by atoms with Gasteiger partial charge in [0.05, 0.1) is 22.4 Å². The molecule has 0 atom stereocenters. The van der Waals surface area contributed by atoms with Crippen LogP contribution in [-0.4, -0.2) is 9.97 Å². The van der Waals surface area contributed by atoms with E-state index in [-0.39, 0.29) is 0 Å². The molecule has 4 heteroatoms. The third-order valence-corrected chi connectivity index (χ3v) is 10.1. The van der Waals surface area contributed by atoms with Crippen molar-refractivity contribution in [3.05, 3.63) is 155 Å². The summed E-state index contributed by atoms with van der Waals surface area (Å²) in [5, 5.41) is 4.96. The molecule has 0 N–H and O–H groups in total. The van der Waals surface area contributed by atoms with Gasteiger partial charge in [-0.3, -0.25) is 0 Å². The van der Waals surface area contributed by atoms with Crippen LogP contribution >= 0.6 is 31.9 Å². The molecule has 0 bridgehead atoms. The van der Waals surface area contributed by atoms with Gasteiger partial charge in [-0.2, -0.15) is 0 Å². The lowest BCUT2D eigenvalue weighted by atomic mass is 9.95. The van der Waals surface area contributed by atoms with Gasteiger partial charge in [-0.15, -0.1) is 0 Å². The van der Waals surface area contributed by atoms with E-state index in [0.717, 1.165) is 42.5 Å². The number of aromatic nitrogens is 2. The minimum Gasteiger partial charge on any atom is -0.244 e. The van der Waals surface area contributed by atoms with Crippen molar-refractivity contribution >= 4 is 64.4 Å². The highest BCUT2D eigenvalue weighted by Gasteiger charge is 2.16. The second-order valence-corrected chi connectivity index (χ2v) is 12.6. The Morgan fingerprint density at radius 2 is 0.727 bits per heavy atom. The van der Waals surface area contributed by atoms with Crippen molar-refractivity contribution in [1.29, 1.82) is 0 Å². The highest BCUT2D eigenvalue weighted by atomic mass is 79.9. The molecule has 2 nitrogen and oxygen atoms in total. The van der Waals surface area contributed by atoms with Crippen LogP contribution in [0.3, 0.4) is 0 Å². The maximum atomic E-state index is 5.18. The average molecular weight is 692 g/mol. The molecule has 208 valence electrons. The van der Waals surface area contributed by atoms with Crippen LogP contribution in [0.15, 0.2) is 155 Å². The SMILES string of the molecule is Brc1cc2nc(-c3ccc(-c4cccc5ccccc45)cc3)c(-c3ccc(-c4cccc5ccccc45)cc3)nc2cc1Br. The fraction of sp³-hybridized carbons (Fsp3) is 0. The molecule has 0 fully saturated rings. The third-order valence-electron chi connectivity index (χ3n) is 8.22. The molecule has 0 saturated carbocycles. The Morgan fingerprint density at radius 3 is 1.16 bits per heavy atom.